The average Bonchev–Trinajstić information content (AvgIpc) is 3.25. The molecule has 5 atom stereocenters. The molecule has 2 unspecified atom stereocenters. The summed E-state index contributed by atoms with van der Waals surface area (Å²) in [5.41, 5.74) is 0.575. The number of benzene rings is 1. The SMILES string of the molecule is CCOC(=O)[C@@H]1[C@H]2C(=O)N(CCO)C(C(=O)Nc3ccc(Cl)cc3)C23CC[C@@]1(C)S3. The first-order valence-electron chi connectivity index (χ1n) is 10.1. The molecule has 7 nitrogen and oxygen atoms in total. The number of β-amino-alcohol motifs (C(OH)–C–C–N with tert-alkyl or cyclic N) is 1. The van der Waals surface area contributed by atoms with Gasteiger partial charge in [-0.1, -0.05) is 11.6 Å². The first-order valence-corrected chi connectivity index (χ1v) is 11.3. The molecule has 0 aromatic heterocycles. The monoisotopic (exact) mass is 452 g/mol. The van der Waals surface area contributed by atoms with Crippen LogP contribution in [0, 0.1) is 11.8 Å². The van der Waals surface area contributed by atoms with Crippen LogP contribution in [0.4, 0.5) is 5.69 Å². The minimum Gasteiger partial charge on any atom is -0.466 e. The van der Waals surface area contributed by atoms with Crippen LogP contribution in [-0.4, -0.2) is 63.1 Å². The van der Waals surface area contributed by atoms with E-state index in [1.807, 2.05) is 6.92 Å². The van der Waals surface area contributed by atoms with Crippen molar-refractivity contribution < 1.29 is 24.2 Å². The van der Waals surface area contributed by atoms with Gasteiger partial charge in [0.2, 0.25) is 11.8 Å². The second-order valence-electron chi connectivity index (χ2n) is 8.23. The van der Waals surface area contributed by atoms with Crippen molar-refractivity contribution in [2.24, 2.45) is 11.8 Å². The number of esters is 1. The van der Waals surface area contributed by atoms with Gasteiger partial charge in [0, 0.05) is 22.0 Å². The van der Waals surface area contributed by atoms with Crippen LogP contribution < -0.4 is 5.32 Å². The van der Waals surface area contributed by atoms with Gasteiger partial charge in [0.1, 0.15) is 6.04 Å². The number of hydrogen-bond donors (Lipinski definition) is 2. The van der Waals surface area contributed by atoms with E-state index in [0.29, 0.717) is 17.1 Å². The molecule has 4 rings (SSSR count). The van der Waals surface area contributed by atoms with Crippen molar-refractivity contribution in [3.05, 3.63) is 29.3 Å². The highest BCUT2D eigenvalue weighted by Gasteiger charge is 2.77. The number of ether oxygens (including phenoxy) is 1. The van der Waals surface area contributed by atoms with E-state index < -0.39 is 27.4 Å². The van der Waals surface area contributed by atoms with Gasteiger partial charge in [-0.15, -0.1) is 11.8 Å². The number of likely N-dealkylation sites (tertiary alicyclic amines) is 1. The lowest BCUT2D eigenvalue weighted by molar-refractivity contribution is -0.155. The molecule has 1 aromatic carbocycles. The Bertz CT molecular complexity index is 881. The van der Waals surface area contributed by atoms with Crippen LogP contribution in [0.5, 0.6) is 0 Å². The molecule has 1 spiro atoms. The van der Waals surface area contributed by atoms with Gasteiger partial charge in [0.05, 0.1) is 29.8 Å². The molecule has 0 radical (unpaired) electrons. The molecule has 3 heterocycles. The predicted molar refractivity (Wildman–Crippen MR) is 114 cm³/mol. The first-order chi connectivity index (χ1) is 14.3. The van der Waals surface area contributed by atoms with Gasteiger partial charge in [0.25, 0.3) is 0 Å². The molecule has 0 aliphatic carbocycles. The number of nitrogens with zero attached hydrogens (tertiary/aromatic N) is 1. The summed E-state index contributed by atoms with van der Waals surface area (Å²) in [6.45, 7) is 3.76. The van der Waals surface area contributed by atoms with Crippen LogP contribution in [0.25, 0.3) is 0 Å². The number of hydrogen-bond acceptors (Lipinski definition) is 6. The third-order valence-electron chi connectivity index (χ3n) is 6.52. The zero-order valence-corrected chi connectivity index (χ0v) is 18.5. The van der Waals surface area contributed by atoms with Crippen LogP contribution in [0.1, 0.15) is 26.7 Å². The van der Waals surface area contributed by atoms with Crippen molar-refractivity contribution in [3.8, 4) is 0 Å². The first kappa shape index (κ1) is 21.5. The van der Waals surface area contributed by atoms with Gasteiger partial charge < -0.3 is 20.1 Å². The van der Waals surface area contributed by atoms with Crippen molar-refractivity contribution in [2.45, 2.75) is 42.2 Å². The Morgan fingerprint density at radius 3 is 2.67 bits per heavy atom. The van der Waals surface area contributed by atoms with Gasteiger partial charge in [0.15, 0.2) is 0 Å². The van der Waals surface area contributed by atoms with Crippen LogP contribution in [-0.2, 0) is 19.1 Å². The molecule has 2 N–H and O–H groups in total. The Morgan fingerprint density at radius 1 is 1.33 bits per heavy atom. The molecule has 2 bridgehead atoms. The van der Waals surface area contributed by atoms with Gasteiger partial charge in [-0.2, -0.15) is 0 Å². The zero-order valence-electron chi connectivity index (χ0n) is 16.9. The molecule has 3 fully saturated rings. The lowest BCUT2D eigenvalue weighted by atomic mass is 9.66. The number of thioether (sulfide) groups is 1. The molecule has 3 aliphatic heterocycles. The van der Waals surface area contributed by atoms with Crippen LogP contribution in [0.3, 0.4) is 0 Å². The second-order valence-corrected chi connectivity index (χ2v) is 10.6. The van der Waals surface area contributed by atoms with E-state index >= 15 is 0 Å². The van der Waals surface area contributed by atoms with E-state index in [1.54, 1.807) is 43.0 Å². The molecule has 162 valence electrons. The number of rotatable bonds is 6. The second kappa shape index (κ2) is 7.73. The van der Waals surface area contributed by atoms with E-state index in [1.165, 1.54) is 4.90 Å². The molecule has 30 heavy (non-hydrogen) atoms. The standard InChI is InChI=1S/C21H25ClN2O5S/c1-3-29-19(28)15-14-18(27)24(10-11-25)16(21(14)9-8-20(15,2)30-21)17(26)23-13-6-4-12(22)5-7-13/h4-7,14-16,25H,3,8-11H2,1-2H3,(H,23,26)/t14-,15-,16?,20+,21?/m0/s1. The Labute approximate surface area is 184 Å². The highest BCUT2D eigenvalue weighted by molar-refractivity contribution is 8.02. The van der Waals surface area contributed by atoms with Crippen molar-refractivity contribution in [1.29, 1.82) is 0 Å². The topological polar surface area (TPSA) is 95.9 Å². The molecule has 1 aromatic rings. The van der Waals surface area contributed by atoms with Gasteiger partial charge in [-0.3, -0.25) is 14.4 Å². The third-order valence-corrected chi connectivity index (χ3v) is 8.76. The number of halogens is 1. The molecule has 2 amide bonds. The van der Waals surface area contributed by atoms with Crippen molar-refractivity contribution >= 4 is 46.8 Å². The van der Waals surface area contributed by atoms with Crippen LogP contribution >= 0.6 is 23.4 Å². The van der Waals surface area contributed by atoms with E-state index in [0.717, 1.165) is 6.42 Å². The summed E-state index contributed by atoms with van der Waals surface area (Å²) in [6, 6.07) is 5.98. The predicted octanol–water partition coefficient (Wildman–Crippen LogP) is 2.32. The minimum atomic E-state index is -0.774. The smallest absolute Gasteiger partial charge is 0.311 e. The number of carbonyl (C=O) groups excluding carboxylic acids is 3. The van der Waals surface area contributed by atoms with Gasteiger partial charge >= 0.3 is 5.97 Å². The number of carbonyl (C=O) groups is 3. The fourth-order valence-electron chi connectivity index (χ4n) is 5.41. The molecule has 3 saturated heterocycles. The number of aliphatic hydroxyl groups is 1. The summed E-state index contributed by atoms with van der Waals surface area (Å²) < 4.78 is 4.15. The minimum absolute atomic E-state index is 0.0443. The summed E-state index contributed by atoms with van der Waals surface area (Å²) >= 11 is 7.50. The van der Waals surface area contributed by atoms with E-state index in [9.17, 15) is 19.5 Å². The summed E-state index contributed by atoms with van der Waals surface area (Å²) in [7, 11) is 0. The van der Waals surface area contributed by atoms with Crippen LogP contribution in [0.15, 0.2) is 24.3 Å². The maximum absolute atomic E-state index is 13.4. The largest absolute Gasteiger partial charge is 0.466 e. The molecule has 9 heteroatoms. The van der Waals surface area contributed by atoms with E-state index in [4.69, 9.17) is 16.3 Å². The Morgan fingerprint density at radius 2 is 2.03 bits per heavy atom. The summed E-state index contributed by atoms with van der Waals surface area (Å²) in [4.78, 5) is 41.1. The number of fused-ring (bicyclic) bond motifs is 1. The van der Waals surface area contributed by atoms with Gasteiger partial charge in [-0.05, 0) is 51.0 Å². The van der Waals surface area contributed by atoms with Crippen molar-refractivity contribution in [2.75, 3.05) is 25.1 Å². The maximum atomic E-state index is 13.4. The third kappa shape index (κ3) is 3.11. The van der Waals surface area contributed by atoms with Crippen molar-refractivity contribution in [1.82, 2.24) is 4.90 Å². The number of anilines is 1. The normalized spacial score (nSPS) is 34.2. The lowest BCUT2D eigenvalue weighted by Gasteiger charge is -2.34. The van der Waals surface area contributed by atoms with E-state index in [2.05, 4.69) is 5.32 Å². The fraction of sp³-hybridized carbons (Fsp3) is 0.571. The number of amides is 2. The highest BCUT2D eigenvalue weighted by atomic mass is 35.5. The van der Waals surface area contributed by atoms with Crippen LogP contribution in [0.2, 0.25) is 5.02 Å². The quantitative estimate of drug-likeness (QED) is 0.643. The molecular weight excluding hydrogens is 428 g/mol. The maximum Gasteiger partial charge on any atom is 0.311 e. The summed E-state index contributed by atoms with van der Waals surface area (Å²) in [6.07, 6.45) is 1.38. The summed E-state index contributed by atoms with van der Waals surface area (Å²) in [5, 5.41) is 13.0. The average molecular weight is 453 g/mol. The van der Waals surface area contributed by atoms with Crippen molar-refractivity contribution in [3.63, 3.8) is 0 Å². The fourth-order valence-corrected chi connectivity index (χ4v) is 7.88. The van der Waals surface area contributed by atoms with Gasteiger partial charge in [-0.25, -0.2) is 0 Å². The molecular formula is C21H25ClN2O5S. The number of aliphatic hydroxyl groups excluding tert-OH is 1. The van der Waals surface area contributed by atoms with E-state index in [-0.39, 0.29) is 37.5 Å². The zero-order chi connectivity index (χ0) is 21.7. The summed E-state index contributed by atoms with van der Waals surface area (Å²) in [5.74, 6) is -2.18. The lowest BCUT2D eigenvalue weighted by Crippen LogP contribution is -2.52. The Balaban J connectivity index is 1.71. The Hall–Kier alpha value is -1.77. The molecule has 3 aliphatic rings. The Kier molecular flexibility index (Phi) is 5.53. The molecule has 0 saturated carbocycles. The highest BCUT2D eigenvalue weighted by Crippen LogP contribution is 2.71. The number of nitrogens with one attached hydrogen (secondary N) is 1.